The van der Waals surface area contributed by atoms with Crippen LogP contribution in [0.4, 0.5) is 0 Å². The fourth-order valence-corrected chi connectivity index (χ4v) is 6.85. The van der Waals surface area contributed by atoms with Crippen molar-refractivity contribution >= 4 is 11.2 Å². The Balaban J connectivity index is 1.60. The molecule has 3 heterocycles. The van der Waals surface area contributed by atoms with Crippen molar-refractivity contribution in [1.29, 1.82) is 0 Å². The van der Waals surface area contributed by atoms with Gasteiger partial charge < -0.3 is 5.11 Å². The SMILES string of the molecule is CC(C)(C)c1cc(-c2ccccn2)cc(-c2ccnc3c2nc(-c2cc(C(C)(C)C)cc(C(C)(C)C)c2O)n3-c2ccccc2-c2ccccc2)c1. The number of fused-ring (bicyclic) bond motifs is 1. The van der Waals surface area contributed by atoms with E-state index in [0.29, 0.717) is 17.0 Å². The van der Waals surface area contributed by atoms with Gasteiger partial charge in [-0.25, -0.2) is 9.97 Å². The molecule has 0 atom stereocenters. The molecule has 52 heavy (non-hydrogen) atoms. The van der Waals surface area contributed by atoms with Crippen LogP contribution >= 0.6 is 0 Å². The van der Waals surface area contributed by atoms with E-state index in [0.717, 1.165) is 55.8 Å². The molecule has 0 amide bonds. The zero-order chi connectivity index (χ0) is 37.0. The molecular weight excluding hydrogens is 637 g/mol. The number of imidazole rings is 1. The Morgan fingerprint density at radius 1 is 0.519 bits per heavy atom. The average Bonchev–Trinajstić information content (AvgIpc) is 3.50. The highest BCUT2D eigenvalue weighted by molar-refractivity contribution is 5.95. The summed E-state index contributed by atoms with van der Waals surface area (Å²) in [4.78, 5) is 15.3. The van der Waals surface area contributed by atoms with E-state index >= 15 is 0 Å². The van der Waals surface area contributed by atoms with E-state index in [9.17, 15) is 5.11 Å². The highest BCUT2D eigenvalue weighted by atomic mass is 16.3. The second kappa shape index (κ2) is 12.9. The molecule has 5 nitrogen and oxygen atoms in total. The molecule has 0 unspecified atom stereocenters. The van der Waals surface area contributed by atoms with Crippen LogP contribution in [0.5, 0.6) is 5.75 Å². The lowest BCUT2D eigenvalue weighted by atomic mass is 9.79. The lowest BCUT2D eigenvalue weighted by Crippen LogP contribution is -2.17. The summed E-state index contributed by atoms with van der Waals surface area (Å²) in [6, 6.07) is 37.9. The molecule has 4 aromatic carbocycles. The first-order valence-corrected chi connectivity index (χ1v) is 18.1. The number of rotatable bonds is 5. The first-order chi connectivity index (χ1) is 24.6. The minimum atomic E-state index is -0.308. The van der Waals surface area contributed by atoms with Gasteiger partial charge in [0.15, 0.2) is 11.5 Å². The number of hydrogen-bond donors (Lipinski definition) is 1. The maximum atomic E-state index is 12.2. The number of benzene rings is 4. The Labute approximate surface area is 308 Å². The number of phenols is 1. The quantitative estimate of drug-likeness (QED) is 0.196. The van der Waals surface area contributed by atoms with Crippen molar-refractivity contribution in [2.24, 2.45) is 0 Å². The van der Waals surface area contributed by atoms with Crippen molar-refractivity contribution < 1.29 is 5.11 Å². The molecule has 0 saturated heterocycles. The first kappa shape index (κ1) is 34.9. The first-order valence-electron chi connectivity index (χ1n) is 18.1. The van der Waals surface area contributed by atoms with Gasteiger partial charge in [0.2, 0.25) is 0 Å². The second-order valence-corrected chi connectivity index (χ2v) is 16.9. The fourth-order valence-electron chi connectivity index (χ4n) is 6.85. The highest BCUT2D eigenvalue weighted by Gasteiger charge is 2.29. The van der Waals surface area contributed by atoms with Gasteiger partial charge in [-0.3, -0.25) is 9.55 Å². The number of aromatic nitrogens is 4. The summed E-state index contributed by atoms with van der Waals surface area (Å²) in [5.41, 5.74) is 11.8. The van der Waals surface area contributed by atoms with Crippen LogP contribution in [-0.2, 0) is 16.2 Å². The third-order valence-electron chi connectivity index (χ3n) is 9.87. The number of nitrogens with zero attached hydrogens (tertiary/aromatic N) is 4. The molecule has 0 aliphatic carbocycles. The van der Waals surface area contributed by atoms with Gasteiger partial charge in [-0.05, 0) is 81.0 Å². The lowest BCUT2D eigenvalue weighted by Gasteiger charge is -2.27. The van der Waals surface area contributed by atoms with Gasteiger partial charge in [-0.2, -0.15) is 0 Å². The molecule has 1 N–H and O–H groups in total. The summed E-state index contributed by atoms with van der Waals surface area (Å²) in [6.07, 6.45) is 3.71. The predicted octanol–water partition coefficient (Wildman–Crippen LogP) is 12.1. The molecule has 0 radical (unpaired) electrons. The number of pyridine rings is 2. The molecule has 5 heteroatoms. The van der Waals surface area contributed by atoms with Gasteiger partial charge in [-0.1, -0.05) is 129 Å². The van der Waals surface area contributed by atoms with Crippen LogP contribution in [0, 0.1) is 0 Å². The number of phenolic OH excluding ortho intramolecular Hbond substituents is 1. The molecule has 0 spiro atoms. The van der Waals surface area contributed by atoms with Gasteiger partial charge in [0.05, 0.1) is 16.9 Å². The summed E-state index contributed by atoms with van der Waals surface area (Å²) in [5, 5.41) is 12.2. The van der Waals surface area contributed by atoms with Crippen molar-refractivity contribution in [2.75, 3.05) is 0 Å². The van der Waals surface area contributed by atoms with Crippen molar-refractivity contribution in [1.82, 2.24) is 19.5 Å². The van der Waals surface area contributed by atoms with Crippen molar-refractivity contribution in [3.63, 3.8) is 0 Å². The van der Waals surface area contributed by atoms with Gasteiger partial charge in [0.1, 0.15) is 11.3 Å². The molecule has 7 aromatic rings. The molecule has 7 rings (SSSR count). The second-order valence-electron chi connectivity index (χ2n) is 16.9. The molecule has 0 bridgehead atoms. The Kier molecular flexibility index (Phi) is 8.65. The van der Waals surface area contributed by atoms with E-state index in [4.69, 9.17) is 15.0 Å². The summed E-state index contributed by atoms with van der Waals surface area (Å²) < 4.78 is 2.14. The van der Waals surface area contributed by atoms with Crippen molar-refractivity contribution in [3.05, 3.63) is 138 Å². The van der Waals surface area contributed by atoms with Crippen LogP contribution < -0.4 is 0 Å². The Hall–Kier alpha value is -5.55. The standard InChI is InChI=1S/C47H48N4O/c1-45(2,3)33-26-31(25-32(27-33)39-20-15-16-23-48-39)36-22-24-49-44-41(36)50-43(37-28-34(46(4,5)6)29-38(42(37)52)47(7,8)9)51(44)40-21-14-13-19-35(40)30-17-11-10-12-18-30/h10-29,52H,1-9H3. The van der Waals surface area contributed by atoms with Gasteiger partial charge in [0, 0.05) is 34.6 Å². The van der Waals surface area contributed by atoms with Crippen LogP contribution in [0.3, 0.4) is 0 Å². The van der Waals surface area contributed by atoms with E-state index in [-0.39, 0.29) is 22.0 Å². The van der Waals surface area contributed by atoms with Crippen LogP contribution in [0.15, 0.2) is 122 Å². The minimum Gasteiger partial charge on any atom is -0.507 e. The molecular formula is C47H48N4O. The van der Waals surface area contributed by atoms with Crippen molar-refractivity contribution in [2.45, 2.75) is 78.6 Å². The fraction of sp³-hybridized carbons (Fsp3) is 0.255. The van der Waals surface area contributed by atoms with Gasteiger partial charge in [-0.15, -0.1) is 0 Å². The minimum absolute atomic E-state index is 0.104. The summed E-state index contributed by atoms with van der Waals surface area (Å²) in [6.45, 7) is 19.8. The maximum absolute atomic E-state index is 12.2. The number of aromatic hydroxyl groups is 1. The third kappa shape index (κ3) is 6.52. The molecule has 0 aliphatic rings. The molecule has 0 fully saturated rings. The van der Waals surface area contributed by atoms with Crippen LogP contribution in [0.2, 0.25) is 0 Å². The van der Waals surface area contributed by atoms with E-state index in [1.54, 1.807) is 0 Å². The summed E-state index contributed by atoms with van der Waals surface area (Å²) in [7, 11) is 0. The summed E-state index contributed by atoms with van der Waals surface area (Å²) in [5.74, 6) is 0.882. The molecule has 3 aromatic heterocycles. The van der Waals surface area contributed by atoms with E-state index in [1.807, 2.05) is 30.6 Å². The Bertz CT molecular complexity index is 2400. The number of hydrogen-bond acceptors (Lipinski definition) is 4. The van der Waals surface area contributed by atoms with Crippen LogP contribution in [0.1, 0.15) is 79.0 Å². The highest BCUT2D eigenvalue weighted by Crippen LogP contribution is 2.45. The van der Waals surface area contributed by atoms with Crippen LogP contribution in [0.25, 0.3) is 61.8 Å². The summed E-state index contributed by atoms with van der Waals surface area (Å²) >= 11 is 0. The zero-order valence-electron chi connectivity index (χ0n) is 31.8. The molecule has 262 valence electrons. The normalized spacial score (nSPS) is 12.4. The predicted molar refractivity (Wildman–Crippen MR) is 216 cm³/mol. The van der Waals surface area contributed by atoms with E-state index in [2.05, 4.69) is 158 Å². The monoisotopic (exact) mass is 684 g/mol. The van der Waals surface area contributed by atoms with Crippen LogP contribution in [-0.4, -0.2) is 24.6 Å². The topological polar surface area (TPSA) is 63.8 Å². The lowest BCUT2D eigenvalue weighted by molar-refractivity contribution is 0.446. The van der Waals surface area contributed by atoms with Gasteiger partial charge >= 0.3 is 0 Å². The largest absolute Gasteiger partial charge is 0.507 e. The average molecular weight is 685 g/mol. The third-order valence-corrected chi connectivity index (χ3v) is 9.87. The molecule has 0 saturated carbocycles. The number of para-hydroxylation sites is 1. The zero-order valence-corrected chi connectivity index (χ0v) is 31.8. The maximum Gasteiger partial charge on any atom is 0.165 e. The van der Waals surface area contributed by atoms with Gasteiger partial charge in [0.25, 0.3) is 0 Å². The Morgan fingerprint density at radius 3 is 1.85 bits per heavy atom. The smallest absolute Gasteiger partial charge is 0.165 e. The molecule has 0 aliphatic heterocycles. The van der Waals surface area contributed by atoms with E-state index < -0.39 is 0 Å². The van der Waals surface area contributed by atoms with E-state index in [1.165, 1.54) is 5.56 Å². The van der Waals surface area contributed by atoms with Crippen molar-refractivity contribution in [3.8, 4) is 56.3 Å². The Morgan fingerprint density at radius 2 is 1.17 bits per heavy atom.